The van der Waals surface area contributed by atoms with E-state index in [1.807, 2.05) is 19.1 Å². The molecule has 0 saturated heterocycles. The number of benzene rings is 2. The number of likely N-dealkylation sites (N-methyl/N-ethyl adjacent to an activating group) is 1. The molecule has 0 aliphatic rings. The predicted molar refractivity (Wildman–Crippen MR) is 117 cm³/mol. The third kappa shape index (κ3) is 7.24. The molecule has 0 unspecified atom stereocenters. The molecule has 0 atom stereocenters. The van der Waals surface area contributed by atoms with Crippen LogP contribution in [0.1, 0.15) is 43.6 Å². The molecule has 7 heteroatoms. The van der Waals surface area contributed by atoms with Gasteiger partial charge in [-0.1, -0.05) is 39.0 Å². The highest BCUT2D eigenvalue weighted by Crippen LogP contribution is 2.22. The molecule has 3 N–H and O–H groups in total. The van der Waals surface area contributed by atoms with E-state index in [9.17, 15) is 14.4 Å². The van der Waals surface area contributed by atoms with Crippen LogP contribution < -0.4 is 20.7 Å². The average molecular weight is 412 g/mol. The van der Waals surface area contributed by atoms with E-state index in [4.69, 9.17) is 4.74 Å². The maximum Gasteiger partial charge on any atom is 0.257 e. The molecule has 0 heterocycles. The number of hydrogen-bond donors (Lipinski definition) is 3. The maximum atomic E-state index is 12.3. The Hall–Kier alpha value is -3.35. The molecular formula is C23H29N3O4. The van der Waals surface area contributed by atoms with Crippen molar-refractivity contribution in [2.24, 2.45) is 0 Å². The zero-order chi connectivity index (χ0) is 22.1. The summed E-state index contributed by atoms with van der Waals surface area (Å²) in [5, 5.41) is 7.95. The van der Waals surface area contributed by atoms with E-state index in [2.05, 4.69) is 36.7 Å². The second kappa shape index (κ2) is 10.4. The van der Waals surface area contributed by atoms with E-state index in [0.717, 1.165) is 5.56 Å². The average Bonchev–Trinajstić information content (AvgIpc) is 2.70. The Kier molecular flexibility index (Phi) is 7.98. The summed E-state index contributed by atoms with van der Waals surface area (Å²) in [6.07, 6.45) is 0. The molecule has 0 aliphatic heterocycles. The number of anilines is 1. The molecule has 0 saturated carbocycles. The quantitative estimate of drug-likeness (QED) is 0.622. The first-order valence-corrected chi connectivity index (χ1v) is 9.87. The summed E-state index contributed by atoms with van der Waals surface area (Å²) in [5.74, 6) is -0.438. The van der Waals surface area contributed by atoms with Crippen molar-refractivity contribution >= 4 is 23.4 Å². The molecule has 0 fully saturated rings. The van der Waals surface area contributed by atoms with Gasteiger partial charge in [-0.25, -0.2) is 0 Å². The van der Waals surface area contributed by atoms with E-state index in [1.165, 1.54) is 0 Å². The second-order valence-electron chi connectivity index (χ2n) is 7.83. The van der Waals surface area contributed by atoms with E-state index in [1.54, 1.807) is 36.4 Å². The highest BCUT2D eigenvalue weighted by atomic mass is 16.5. The van der Waals surface area contributed by atoms with Gasteiger partial charge >= 0.3 is 0 Å². The number of nitrogens with one attached hydrogen (secondary N) is 3. The van der Waals surface area contributed by atoms with Crippen LogP contribution in [0.4, 0.5) is 5.69 Å². The molecule has 0 radical (unpaired) electrons. The number of rotatable bonds is 8. The number of hydrogen-bond acceptors (Lipinski definition) is 4. The van der Waals surface area contributed by atoms with E-state index >= 15 is 0 Å². The fourth-order valence-electron chi connectivity index (χ4n) is 2.65. The molecule has 7 nitrogen and oxygen atoms in total. The third-order valence-corrected chi connectivity index (χ3v) is 4.28. The number of carbonyl (C=O) groups is 3. The van der Waals surface area contributed by atoms with Crippen LogP contribution in [-0.2, 0) is 15.0 Å². The summed E-state index contributed by atoms with van der Waals surface area (Å²) < 4.78 is 5.40. The lowest BCUT2D eigenvalue weighted by Crippen LogP contribution is -2.32. The van der Waals surface area contributed by atoms with Crippen LogP contribution in [0.5, 0.6) is 5.75 Å². The SMILES string of the molecule is CCNC(=O)COc1cccc(NC(=O)CNC(=O)c2ccc(C(C)(C)C)cc2)c1. The monoisotopic (exact) mass is 411 g/mol. The highest BCUT2D eigenvalue weighted by molar-refractivity contribution is 5.99. The first kappa shape index (κ1) is 22.9. The van der Waals surface area contributed by atoms with Gasteiger partial charge in [0.2, 0.25) is 5.91 Å². The number of ether oxygens (including phenoxy) is 1. The zero-order valence-corrected chi connectivity index (χ0v) is 17.9. The fourth-order valence-corrected chi connectivity index (χ4v) is 2.65. The summed E-state index contributed by atoms with van der Waals surface area (Å²) >= 11 is 0. The summed E-state index contributed by atoms with van der Waals surface area (Å²) in [6.45, 7) is 8.41. The Balaban J connectivity index is 1.85. The second-order valence-corrected chi connectivity index (χ2v) is 7.83. The minimum absolute atomic E-state index is 0.00689. The molecule has 2 aromatic rings. The molecule has 0 aromatic heterocycles. The van der Waals surface area contributed by atoms with Crippen molar-refractivity contribution in [1.29, 1.82) is 0 Å². The van der Waals surface area contributed by atoms with Gasteiger partial charge in [0.05, 0.1) is 6.54 Å². The largest absolute Gasteiger partial charge is 0.484 e. The lowest BCUT2D eigenvalue weighted by Gasteiger charge is -2.19. The minimum atomic E-state index is -0.365. The van der Waals surface area contributed by atoms with E-state index in [-0.39, 0.29) is 36.3 Å². The van der Waals surface area contributed by atoms with Gasteiger partial charge in [0, 0.05) is 23.9 Å². The van der Waals surface area contributed by atoms with Crippen molar-refractivity contribution in [1.82, 2.24) is 10.6 Å². The smallest absolute Gasteiger partial charge is 0.257 e. The fraction of sp³-hybridized carbons (Fsp3) is 0.348. The topological polar surface area (TPSA) is 96.5 Å². The van der Waals surface area contributed by atoms with Crippen LogP contribution in [0.2, 0.25) is 0 Å². The van der Waals surface area contributed by atoms with Crippen LogP contribution in [0.3, 0.4) is 0 Å². The standard InChI is InChI=1S/C23H29N3O4/c1-5-24-21(28)15-30-19-8-6-7-18(13-19)26-20(27)14-25-22(29)16-9-11-17(12-10-16)23(2,3)4/h6-13H,5,14-15H2,1-4H3,(H,24,28)(H,25,29)(H,26,27). The first-order valence-electron chi connectivity index (χ1n) is 9.87. The van der Waals surface area contributed by atoms with E-state index in [0.29, 0.717) is 23.5 Å². The molecule has 2 rings (SSSR count). The van der Waals surface area contributed by atoms with Crippen LogP contribution in [-0.4, -0.2) is 37.4 Å². The molecule has 3 amide bonds. The lowest BCUT2D eigenvalue weighted by atomic mass is 9.87. The maximum absolute atomic E-state index is 12.3. The first-order chi connectivity index (χ1) is 14.2. The minimum Gasteiger partial charge on any atom is -0.484 e. The van der Waals surface area contributed by atoms with Crippen molar-refractivity contribution in [2.45, 2.75) is 33.1 Å². The Morgan fingerprint density at radius 1 is 0.933 bits per heavy atom. The molecule has 30 heavy (non-hydrogen) atoms. The normalized spacial score (nSPS) is 10.8. The van der Waals surface area contributed by atoms with Gasteiger partial charge in [-0.3, -0.25) is 14.4 Å². The highest BCUT2D eigenvalue weighted by Gasteiger charge is 2.14. The van der Waals surface area contributed by atoms with Gasteiger partial charge in [-0.2, -0.15) is 0 Å². The van der Waals surface area contributed by atoms with Crippen LogP contribution in [0.25, 0.3) is 0 Å². The Bertz CT molecular complexity index is 886. The van der Waals surface area contributed by atoms with Gasteiger partial charge in [0.15, 0.2) is 6.61 Å². The summed E-state index contributed by atoms with van der Waals surface area (Å²) in [4.78, 5) is 35.9. The van der Waals surface area contributed by atoms with Crippen molar-refractivity contribution < 1.29 is 19.1 Å². The van der Waals surface area contributed by atoms with Gasteiger partial charge in [0.1, 0.15) is 5.75 Å². The molecule has 160 valence electrons. The third-order valence-electron chi connectivity index (χ3n) is 4.28. The number of amides is 3. The molecular weight excluding hydrogens is 382 g/mol. The Morgan fingerprint density at radius 3 is 2.27 bits per heavy atom. The predicted octanol–water partition coefficient (Wildman–Crippen LogP) is 2.87. The van der Waals surface area contributed by atoms with Crippen molar-refractivity contribution in [3.8, 4) is 5.75 Å². The van der Waals surface area contributed by atoms with E-state index < -0.39 is 0 Å². The summed E-state index contributed by atoms with van der Waals surface area (Å²) in [7, 11) is 0. The van der Waals surface area contributed by atoms with Crippen molar-refractivity contribution in [3.05, 3.63) is 59.7 Å². The summed E-state index contributed by atoms with van der Waals surface area (Å²) in [6, 6.07) is 14.1. The van der Waals surface area contributed by atoms with Crippen LogP contribution in [0.15, 0.2) is 48.5 Å². The lowest BCUT2D eigenvalue weighted by molar-refractivity contribution is -0.123. The van der Waals surface area contributed by atoms with Gasteiger partial charge in [-0.05, 0) is 42.2 Å². The molecule has 2 aromatic carbocycles. The zero-order valence-electron chi connectivity index (χ0n) is 17.9. The van der Waals surface area contributed by atoms with Gasteiger partial charge in [0.25, 0.3) is 11.8 Å². The van der Waals surface area contributed by atoms with Crippen LogP contribution in [0, 0.1) is 0 Å². The van der Waals surface area contributed by atoms with Crippen molar-refractivity contribution in [2.75, 3.05) is 25.0 Å². The van der Waals surface area contributed by atoms with Gasteiger partial charge in [-0.15, -0.1) is 0 Å². The molecule has 0 spiro atoms. The molecule has 0 aliphatic carbocycles. The number of carbonyl (C=O) groups excluding carboxylic acids is 3. The molecule has 0 bridgehead atoms. The Labute approximate surface area is 177 Å². The van der Waals surface area contributed by atoms with Crippen LogP contribution >= 0.6 is 0 Å². The van der Waals surface area contributed by atoms with Crippen molar-refractivity contribution in [3.63, 3.8) is 0 Å². The Morgan fingerprint density at radius 2 is 1.63 bits per heavy atom. The van der Waals surface area contributed by atoms with Gasteiger partial charge < -0.3 is 20.7 Å². The summed E-state index contributed by atoms with van der Waals surface area (Å²) in [5.41, 5.74) is 2.15.